The highest BCUT2D eigenvalue weighted by Gasteiger charge is 2.20. The van der Waals surface area contributed by atoms with Crippen LogP contribution in [-0.4, -0.2) is 14.8 Å². The zero-order chi connectivity index (χ0) is 21.1. The SMILES string of the molecule is C=CCn1c(SCc2cccc(Br)c2)nnc1-c1csc(C)c1-c1ccc(C)cc1. The van der Waals surface area contributed by atoms with Gasteiger partial charge in [0.1, 0.15) is 0 Å². The van der Waals surface area contributed by atoms with Crippen molar-refractivity contribution in [2.75, 3.05) is 0 Å². The Kier molecular flexibility index (Phi) is 6.56. The van der Waals surface area contributed by atoms with Gasteiger partial charge in [0.25, 0.3) is 0 Å². The Bertz CT molecular complexity index is 1180. The van der Waals surface area contributed by atoms with Crippen molar-refractivity contribution in [2.45, 2.75) is 31.3 Å². The number of aryl methyl sites for hydroxylation is 2. The van der Waals surface area contributed by atoms with Gasteiger partial charge >= 0.3 is 0 Å². The number of thioether (sulfide) groups is 1. The van der Waals surface area contributed by atoms with Crippen LogP contribution in [-0.2, 0) is 12.3 Å². The van der Waals surface area contributed by atoms with Crippen molar-refractivity contribution in [2.24, 2.45) is 0 Å². The molecule has 0 spiro atoms. The molecule has 0 aliphatic rings. The molecule has 0 fully saturated rings. The molecule has 0 radical (unpaired) electrons. The maximum atomic E-state index is 4.59. The van der Waals surface area contributed by atoms with Crippen LogP contribution in [0, 0.1) is 13.8 Å². The Labute approximate surface area is 194 Å². The normalized spacial score (nSPS) is 11.0. The van der Waals surface area contributed by atoms with E-state index in [1.807, 2.05) is 12.1 Å². The van der Waals surface area contributed by atoms with E-state index in [1.165, 1.54) is 27.1 Å². The molecule has 4 rings (SSSR count). The number of benzene rings is 2. The van der Waals surface area contributed by atoms with E-state index in [-0.39, 0.29) is 0 Å². The molecular formula is C24H22BrN3S2. The van der Waals surface area contributed by atoms with Gasteiger partial charge < -0.3 is 0 Å². The highest BCUT2D eigenvalue weighted by atomic mass is 79.9. The largest absolute Gasteiger partial charge is 0.298 e. The Morgan fingerprint density at radius 1 is 1.13 bits per heavy atom. The van der Waals surface area contributed by atoms with Crippen molar-refractivity contribution in [3.63, 3.8) is 0 Å². The number of aromatic nitrogens is 3. The first-order valence-electron chi connectivity index (χ1n) is 9.63. The summed E-state index contributed by atoms with van der Waals surface area (Å²) in [5.41, 5.74) is 6.09. The van der Waals surface area contributed by atoms with Crippen LogP contribution in [0.4, 0.5) is 0 Å². The number of nitrogens with zero attached hydrogens (tertiary/aromatic N) is 3. The number of rotatable bonds is 7. The van der Waals surface area contributed by atoms with Crippen molar-refractivity contribution in [3.8, 4) is 22.5 Å². The van der Waals surface area contributed by atoms with Gasteiger partial charge in [0.15, 0.2) is 11.0 Å². The minimum atomic E-state index is 0.672. The molecule has 30 heavy (non-hydrogen) atoms. The topological polar surface area (TPSA) is 30.7 Å². The second kappa shape index (κ2) is 9.33. The molecule has 0 atom stereocenters. The van der Waals surface area contributed by atoms with Gasteiger partial charge in [-0.2, -0.15) is 0 Å². The average molecular weight is 496 g/mol. The third-order valence-electron chi connectivity index (χ3n) is 4.84. The third kappa shape index (κ3) is 4.46. The zero-order valence-corrected chi connectivity index (χ0v) is 20.1. The van der Waals surface area contributed by atoms with Crippen LogP contribution in [0.15, 0.2) is 76.2 Å². The predicted molar refractivity (Wildman–Crippen MR) is 132 cm³/mol. The lowest BCUT2D eigenvalue weighted by atomic mass is 10.0. The maximum absolute atomic E-state index is 4.59. The molecule has 2 aromatic heterocycles. The first-order chi connectivity index (χ1) is 14.6. The van der Waals surface area contributed by atoms with Gasteiger partial charge in [0.2, 0.25) is 0 Å². The molecule has 0 amide bonds. The van der Waals surface area contributed by atoms with Crippen molar-refractivity contribution in [3.05, 3.63) is 87.0 Å². The fraction of sp³-hybridized carbons (Fsp3) is 0.167. The van der Waals surface area contributed by atoms with Crippen molar-refractivity contribution in [1.29, 1.82) is 0 Å². The van der Waals surface area contributed by atoms with Crippen molar-refractivity contribution < 1.29 is 0 Å². The van der Waals surface area contributed by atoms with Crippen LogP contribution in [0.5, 0.6) is 0 Å². The fourth-order valence-corrected chi connectivity index (χ4v) is 5.56. The van der Waals surface area contributed by atoms with Crippen LogP contribution < -0.4 is 0 Å². The van der Waals surface area contributed by atoms with Gasteiger partial charge in [-0.3, -0.25) is 4.57 Å². The second-order valence-corrected chi connectivity index (χ2v) is 10.0. The van der Waals surface area contributed by atoms with Gasteiger partial charge in [-0.05, 0) is 37.1 Å². The predicted octanol–water partition coefficient (Wildman–Crippen LogP) is 7.53. The Morgan fingerprint density at radius 2 is 1.93 bits per heavy atom. The molecule has 0 saturated heterocycles. The van der Waals surface area contributed by atoms with E-state index in [9.17, 15) is 0 Å². The van der Waals surface area contributed by atoms with Crippen LogP contribution in [0.2, 0.25) is 0 Å². The molecule has 0 unspecified atom stereocenters. The molecular weight excluding hydrogens is 474 g/mol. The molecule has 0 N–H and O–H groups in total. The van der Waals surface area contributed by atoms with Crippen LogP contribution in [0.3, 0.4) is 0 Å². The molecule has 6 heteroatoms. The number of hydrogen-bond donors (Lipinski definition) is 0. The maximum Gasteiger partial charge on any atom is 0.192 e. The van der Waals surface area contributed by atoms with E-state index in [2.05, 4.69) is 99.0 Å². The molecule has 2 heterocycles. The van der Waals surface area contributed by atoms with Gasteiger partial charge in [0.05, 0.1) is 0 Å². The molecule has 0 aliphatic heterocycles. The summed E-state index contributed by atoms with van der Waals surface area (Å²) in [7, 11) is 0. The summed E-state index contributed by atoms with van der Waals surface area (Å²) in [5, 5.41) is 12.2. The quantitative estimate of drug-likeness (QED) is 0.196. The van der Waals surface area contributed by atoms with E-state index >= 15 is 0 Å². The van der Waals surface area contributed by atoms with Gasteiger partial charge in [0, 0.05) is 38.2 Å². The van der Waals surface area contributed by atoms with Crippen LogP contribution in [0.25, 0.3) is 22.5 Å². The molecule has 2 aromatic carbocycles. The smallest absolute Gasteiger partial charge is 0.192 e. The first-order valence-corrected chi connectivity index (χ1v) is 12.3. The molecule has 0 aliphatic carbocycles. The van der Waals surface area contributed by atoms with E-state index in [0.29, 0.717) is 6.54 Å². The molecule has 0 saturated carbocycles. The summed E-state index contributed by atoms with van der Waals surface area (Å²) >= 11 is 7.00. The molecule has 4 aromatic rings. The average Bonchev–Trinajstić information content (AvgIpc) is 3.31. The van der Waals surface area contributed by atoms with Crippen molar-refractivity contribution >= 4 is 39.0 Å². The summed E-state index contributed by atoms with van der Waals surface area (Å²) in [4.78, 5) is 1.28. The van der Waals surface area contributed by atoms with Crippen LogP contribution >= 0.6 is 39.0 Å². The van der Waals surface area contributed by atoms with Gasteiger partial charge in [-0.15, -0.1) is 28.1 Å². The summed E-state index contributed by atoms with van der Waals surface area (Å²) in [6.45, 7) is 8.90. The van der Waals surface area contributed by atoms with Gasteiger partial charge in [-0.1, -0.05) is 75.7 Å². The molecule has 3 nitrogen and oxygen atoms in total. The lowest BCUT2D eigenvalue weighted by molar-refractivity contribution is 0.731. The summed E-state index contributed by atoms with van der Waals surface area (Å²) < 4.78 is 3.25. The number of thiophene rings is 1. The van der Waals surface area contributed by atoms with E-state index in [4.69, 9.17) is 0 Å². The Morgan fingerprint density at radius 3 is 2.67 bits per heavy atom. The fourth-order valence-electron chi connectivity index (χ4n) is 3.36. The summed E-state index contributed by atoms with van der Waals surface area (Å²) in [5.74, 6) is 1.73. The third-order valence-corrected chi connectivity index (χ3v) is 7.28. The van der Waals surface area contributed by atoms with E-state index in [1.54, 1.807) is 23.1 Å². The lowest BCUT2D eigenvalue weighted by Gasteiger charge is -2.10. The highest BCUT2D eigenvalue weighted by Crippen LogP contribution is 2.39. The van der Waals surface area contributed by atoms with E-state index < -0.39 is 0 Å². The number of halogens is 1. The summed E-state index contributed by atoms with van der Waals surface area (Å²) in [6, 6.07) is 17.0. The summed E-state index contributed by atoms with van der Waals surface area (Å²) in [6.07, 6.45) is 1.90. The number of hydrogen-bond acceptors (Lipinski definition) is 4. The Hall–Kier alpha value is -2.15. The lowest BCUT2D eigenvalue weighted by Crippen LogP contribution is -2.01. The second-order valence-electron chi connectivity index (χ2n) is 7.07. The highest BCUT2D eigenvalue weighted by molar-refractivity contribution is 9.10. The minimum Gasteiger partial charge on any atom is -0.298 e. The first kappa shape index (κ1) is 21.1. The molecule has 0 bridgehead atoms. The number of allylic oxidation sites excluding steroid dienone is 1. The monoisotopic (exact) mass is 495 g/mol. The van der Waals surface area contributed by atoms with Crippen LogP contribution in [0.1, 0.15) is 16.0 Å². The Balaban J connectivity index is 1.70. The molecule has 152 valence electrons. The minimum absolute atomic E-state index is 0.672. The zero-order valence-electron chi connectivity index (χ0n) is 16.9. The van der Waals surface area contributed by atoms with Gasteiger partial charge in [-0.25, -0.2) is 0 Å². The standard InChI is InChI=1S/C24H22BrN3S2/c1-4-12-28-23(26-27-24(28)30-14-18-6-5-7-20(25)13-18)21-15-29-17(3)22(21)19-10-8-16(2)9-11-19/h4-11,13,15H,1,12,14H2,2-3H3. The van der Waals surface area contributed by atoms with Crippen molar-refractivity contribution in [1.82, 2.24) is 14.8 Å². The van der Waals surface area contributed by atoms with E-state index in [0.717, 1.165) is 26.8 Å².